The second kappa shape index (κ2) is 5.05. The van der Waals surface area contributed by atoms with Crippen molar-refractivity contribution < 1.29 is 17.1 Å². The molecule has 5 nitrogen and oxygen atoms in total. The van der Waals surface area contributed by atoms with Gasteiger partial charge in [-0.05, 0) is 31.0 Å². The molecule has 1 saturated heterocycles. The fourth-order valence-electron chi connectivity index (χ4n) is 2.57. The van der Waals surface area contributed by atoms with Gasteiger partial charge in [0.15, 0.2) is 0 Å². The maximum atomic E-state index is 12.7. The molecule has 0 aliphatic carbocycles. The van der Waals surface area contributed by atoms with Crippen molar-refractivity contribution in [1.82, 2.24) is 0 Å². The van der Waals surface area contributed by atoms with E-state index in [2.05, 4.69) is 0 Å². The number of rotatable bonds is 3. The molecule has 2 N–H and O–H groups in total. The average molecular weight is 300 g/mol. The van der Waals surface area contributed by atoms with Gasteiger partial charge in [0.05, 0.1) is 17.1 Å². The summed E-state index contributed by atoms with van der Waals surface area (Å²) in [7, 11) is -4.58. The van der Waals surface area contributed by atoms with Crippen molar-refractivity contribution in [2.45, 2.75) is 20.3 Å². The van der Waals surface area contributed by atoms with Crippen LogP contribution < -0.4 is 10.6 Å². The molecule has 1 aromatic carbocycles. The number of carbonyl (C=O) groups excluding carboxylic acids is 1. The smallest absolute Gasteiger partial charge is 0.302 e. The van der Waals surface area contributed by atoms with Gasteiger partial charge in [0.2, 0.25) is 5.91 Å². The Labute approximate surface area is 117 Å². The lowest BCUT2D eigenvalue weighted by molar-refractivity contribution is -0.117. The monoisotopic (exact) mass is 300 g/mol. The minimum absolute atomic E-state index is 0.0238. The summed E-state index contributed by atoms with van der Waals surface area (Å²) < 4.78 is 34.1. The molecule has 20 heavy (non-hydrogen) atoms. The Bertz CT molecular complexity index is 658. The summed E-state index contributed by atoms with van der Waals surface area (Å²) in [4.78, 5) is 13.5. The first kappa shape index (κ1) is 14.8. The number of nitrogens with zero attached hydrogens (tertiary/aromatic N) is 1. The maximum absolute atomic E-state index is 12.7. The number of hydrogen-bond donors (Lipinski definition) is 1. The zero-order valence-electron chi connectivity index (χ0n) is 11.4. The Kier molecular flexibility index (Phi) is 3.73. The Morgan fingerprint density at radius 1 is 1.40 bits per heavy atom. The van der Waals surface area contributed by atoms with Gasteiger partial charge in [-0.3, -0.25) is 4.79 Å². The van der Waals surface area contributed by atoms with Crippen LogP contribution in [0.2, 0.25) is 0 Å². The van der Waals surface area contributed by atoms with E-state index in [4.69, 9.17) is 5.73 Å². The van der Waals surface area contributed by atoms with Crippen LogP contribution in [-0.4, -0.2) is 26.6 Å². The van der Waals surface area contributed by atoms with Crippen molar-refractivity contribution in [3.05, 3.63) is 23.3 Å². The Balaban J connectivity index is 2.31. The van der Waals surface area contributed by atoms with Gasteiger partial charge in [-0.2, -0.15) is 8.42 Å². The molecule has 1 heterocycles. The van der Waals surface area contributed by atoms with E-state index in [9.17, 15) is 17.1 Å². The summed E-state index contributed by atoms with van der Waals surface area (Å²) in [6.45, 7) is 3.94. The number of aryl methyl sites for hydroxylation is 1. The normalized spacial score (nSPS) is 19.6. The molecule has 0 spiro atoms. The molecule has 1 fully saturated rings. The van der Waals surface area contributed by atoms with E-state index < -0.39 is 21.9 Å². The minimum Gasteiger partial charge on any atom is -0.397 e. The molecule has 1 aliphatic heterocycles. The number of halogens is 1. The molecule has 0 bridgehead atoms. The number of anilines is 2. The van der Waals surface area contributed by atoms with E-state index in [0.717, 1.165) is 11.1 Å². The van der Waals surface area contributed by atoms with E-state index >= 15 is 0 Å². The molecule has 1 amide bonds. The SMILES string of the molecule is Cc1ccc(N)c(N2CC(CS(=O)(=O)F)CC2=O)c1C. The molecule has 1 atom stereocenters. The molecule has 7 heteroatoms. The van der Waals surface area contributed by atoms with Crippen molar-refractivity contribution in [2.75, 3.05) is 22.9 Å². The van der Waals surface area contributed by atoms with Gasteiger partial charge in [0.25, 0.3) is 0 Å². The Hall–Kier alpha value is -1.63. The van der Waals surface area contributed by atoms with Gasteiger partial charge in [0, 0.05) is 18.9 Å². The maximum Gasteiger partial charge on any atom is 0.302 e. The fraction of sp³-hybridized carbons (Fsp3) is 0.462. The minimum atomic E-state index is -4.58. The summed E-state index contributed by atoms with van der Waals surface area (Å²) in [5.74, 6) is -1.38. The standard InChI is InChI=1S/C13H17FN2O3S/c1-8-3-4-11(15)13(9(8)2)16-6-10(5-12(16)17)7-20(14,18)19/h3-4,10H,5-7,15H2,1-2H3. The largest absolute Gasteiger partial charge is 0.397 e. The van der Waals surface area contributed by atoms with Crippen LogP contribution in [-0.2, 0) is 15.0 Å². The zero-order chi connectivity index (χ0) is 15.1. The van der Waals surface area contributed by atoms with Gasteiger partial charge in [-0.25, -0.2) is 0 Å². The van der Waals surface area contributed by atoms with Crippen LogP contribution in [0.15, 0.2) is 12.1 Å². The highest BCUT2D eigenvalue weighted by atomic mass is 32.3. The van der Waals surface area contributed by atoms with E-state index in [1.165, 1.54) is 4.90 Å². The summed E-state index contributed by atoms with van der Waals surface area (Å²) >= 11 is 0. The van der Waals surface area contributed by atoms with Crippen molar-refractivity contribution in [1.29, 1.82) is 0 Å². The van der Waals surface area contributed by atoms with Gasteiger partial charge < -0.3 is 10.6 Å². The van der Waals surface area contributed by atoms with Gasteiger partial charge in [-0.1, -0.05) is 6.07 Å². The molecular formula is C13H17FN2O3S. The average Bonchev–Trinajstić information content (AvgIpc) is 2.63. The van der Waals surface area contributed by atoms with Crippen molar-refractivity contribution >= 4 is 27.5 Å². The number of hydrogen-bond acceptors (Lipinski definition) is 4. The number of amides is 1. The van der Waals surface area contributed by atoms with Crippen LogP contribution in [0.5, 0.6) is 0 Å². The molecule has 2 rings (SSSR count). The first-order valence-electron chi connectivity index (χ1n) is 6.27. The third-order valence-electron chi connectivity index (χ3n) is 3.64. The number of nitrogens with two attached hydrogens (primary N) is 1. The van der Waals surface area contributed by atoms with Crippen molar-refractivity contribution in [2.24, 2.45) is 5.92 Å². The highest BCUT2D eigenvalue weighted by molar-refractivity contribution is 7.86. The third-order valence-corrected chi connectivity index (χ3v) is 4.51. The summed E-state index contributed by atoms with van der Waals surface area (Å²) in [6.07, 6.45) is 0.0238. The highest BCUT2D eigenvalue weighted by Gasteiger charge is 2.35. The fourth-order valence-corrected chi connectivity index (χ4v) is 3.36. The Morgan fingerprint density at radius 3 is 2.65 bits per heavy atom. The molecule has 1 unspecified atom stereocenters. The predicted octanol–water partition coefficient (Wildman–Crippen LogP) is 1.54. The molecular weight excluding hydrogens is 283 g/mol. The highest BCUT2D eigenvalue weighted by Crippen LogP contribution is 2.34. The second-order valence-corrected chi connectivity index (χ2v) is 6.64. The van der Waals surface area contributed by atoms with Crippen molar-refractivity contribution in [3.8, 4) is 0 Å². The zero-order valence-corrected chi connectivity index (χ0v) is 12.2. The Morgan fingerprint density at radius 2 is 2.05 bits per heavy atom. The number of nitrogen functional groups attached to an aromatic ring is 1. The van der Waals surface area contributed by atoms with Gasteiger partial charge in [-0.15, -0.1) is 3.89 Å². The van der Waals surface area contributed by atoms with Gasteiger partial charge in [0.1, 0.15) is 0 Å². The van der Waals surface area contributed by atoms with Gasteiger partial charge >= 0.3 is 10.2 Å². The molecule has 0 saturated carbocycles. The lowest BCUT2D eigenvalue weighted by Crippen LogP contribution is -2.27. The first-order valence-corrected chi connectivity index (χ1v) is 7.82. The first-order chi connectivity index (χ1) is 9.19. The summed E-state index contributed by atoms with van der Waals surface area (Å²) in [5.41, 5.74) is 8.85. The quantitative estimate of drug-likeness (QED) is 0.678. The van der Waals surface area contributed by atoms with E-state index in [0.29, 0.717) is 11.4 Å². The molecule has 0 radical (unpaired) electrons. The summed E-state index contributed by atoms with van der Waals surface area (Å²) in [5, 5.41) is 0. The molecule has 1 aromatic rings. The van der Waals surface area contributed by atoms with Crippen LogP contribution in [0, 0.1) is 19.8 Å². The second-order valence-electron chi connectivity index (χ2n) is 5.23. The lowest BCUT2D eigenvalue weighted by atomic mass is 10.1. The van der Waals surface area contributed by atoms with E-state index in [1.54, 1.807) is 6.07 Å². The third kappa shape index (κ3) is 2.92. The van der Waals surface area contributed by atoms with Crippen LogP contribution in [0.25, 0.3) is 0 Å². The van der Waals surface area contributed by atoms with E-state index in [1.807, 2.05) is 19.9 Å². The van der Waals surface area contributed by atoms with E-state index in [-0.39, 0.29) is 18.9 Å². The van der Waals surface area contributed by atoms with Crippen LogP contribution in [0.1, 0.15) is 17.5 Å². The topological polar surface area (TPSA) is 80.5 Å². The van der Waals surface area contributed by atoms with Crippen LogP contribution in [0.4, 0.5) is 15.3 Å². The molecule has 0 aromatic heterocycles. The predicted molar refractivity (Wildman–Crippen MR) is 75.7 cm³/mol. The van der Waals surface area contributed by atoms with Crippen LogP contribution >= 0.6 is 0 Å². The summed E-state index contributed by atoms with van der Waals surface area (Å²) in [6, 6.07) is 3.57. The number of benzene rings is 1. The number of carbonyl (C=O) groups is 1. The molecule has 110 valence electrons. The van der Waals surface area contributed by atoms with Crippen LogP contribution in [0.3, 0.4) is 0 Å². The molecule has 1 aliphatic rings. The lowest BCUT2D eigenvalue weighted by Gasteiger charge is -2.22. The van der Waals surface area contributed by atoms with Crippen molar-refractivity contribution in [3.63, 3.8) is 0 Å².